The minimum Gasteiger partial charge on any atom is -0.489 e. The maximum absolute atomic E-state index is 14.1. The molecule has 5 N–H and O–H groups in total. The van der Waals surface area contributed by atoms with Gasteiger partial charge in [0.25, 0.3) is 11.8 Å². The Balaban J connectivity index is 0.000000199. The Morgan fingerprint density at radius 1 is 0.746 bits per heavy atom. The summed E-state index contributed by atoms with van der Waals surface area (Å²) >= 11 is 12.6. The lowest BCUT2D eigenvalue weighted by atomic mass is 10.1. The van der Waals surface area contributed by atoms with E-state index < -0.39 is 20.0 Å². The van der Waals surface area contributed by atoms with Crippen LogP contribution in [0.5, 0.6) is 11.5 Å². The number of carboxylic acid groups (broad SMARTS) is 2. The van der Waals surface area contributed by atoms with E-state index in [9.17, 15) is 19.1 Å². The molecule has 0 amide bonds. The number of nitrogens with one attached hydrogen (secondary N) is 1. The molecule has 2 saturated carbocycles. The molecular weight excluding hydrogens is 967 g/mol. The zero-order chi connectivity index (χ0) is 51.6. The van der Waals surface area contributed by atoms with E-state index in [1.165, 1.54) is 6.07 Å². The van der Waals surface area contributed by atoms with Gasteiger partial charge in [0, 0.05) is 39.9 Å². The monoisotopic (exact) mass is 1020 g/mol. The number of rotatable bonds is 12. The number of benzene rings is 4. The van der Waals surface area contributed by atoms with E-state index in [0.29, 0.717) is 91.7 Å². The van der Waals surface area contributed by atoms with Gasteiger partial charge in [0.15, 0.2) is 0 Å². The van der Waals surface area contributed by atoms with Gasteiger partial charge >= 0.3 is 11.9 Å². The summed E-state index contributed by atoms with van der Waals surface area (Å²) in [5.41, 5.74) is 13.1. The number of aromatic nitrogens is 4. The Morgan fingerprint density at radius 2 is 1.24 bits per heavy atom. The van der Waals surface area contributed by atoms with Crippen LogP contribution < -0.4 is 20.5 Å². The van der Waals surface area contributed by atoms with E-state index in [-0.39, 0.29) is 47.8 Å². The standard InChI is InChI=1S/C25H24ClN3O4.C22H22ClFN2O2Si.C6H11NO2/c1-4-15-11-17(6-9-21(15)27-19-8-5-18(12-19)25(30)31)24-28-23(29-33-24)16-7-10-22(20(26)13-16)32-14(2)3;1-14(2)27-20-9-7-16(13-18(20)23)21-25-22(28-26-21)17-6-8-19(24)15(12-17)10-11-29(3,4)5;7-5-2-1-4(3-5)6(8)9/h1,6-7,9-11,13-14,18-19,27H,5,8,12H2,2-3H3,(H,30,31);6-9,12-14H,1-5H3;4-5H,1-3,7H2,(H,8,9)/t18-,19+;;4-,5+/m1.1/s1. The highest BCUT2D eigenvalue weighted by Gasteiger charge is 2.30. The van der Waals surface area contributed by atoms with Crippen LogP contribution in [0, 0.1) is 41.5 Å². The molecule has 2 aromatic heterocycles. The summed E-state index contributed by atoms with van der Waals surface area (Å²) in [7, 11) is -1.62. The van der Waals surface area contributed by atoms with E-state index in [4.69, 9.17) is 59.0 Å². The summed E-state index contributed by atoms with van der Waals surface area (Å²) in [5.74, 6) is 5.94. The van der Waals surface area contributed by atoms with Gasteiger partial charge in [-0.05, 0) is 139 Å². The first-order valence-corrected chi connectivity index (χ1v) is 27.4. The van der Waals surface area contributed by atoms with E-state index in [0.717, 1.165) is 24.9 Å². The van der Waals surface area contributed by atoms with Gasteiger partial charge in [-0.25, -0.2) is 4.39 Å². The number of aliphatic carboxylic acids is 2. The fourth-order valence-electron chi connectivity index (χ4n) is 7.62. The zero-order valence-corrected chi connectivity index (χ0v) is 43.1. The molecule has 2 heterocycles. The molecule has 0 aliphatic heterocycles. The second-order valence-corrected chi connectivity index (χ2v) is 24.4. The molecular formula is C53H57Cl2FN6O8Si. The molecule has 0 spiro atoms. The maximum atomic E-state index is 14.1. The maximum Gasteiger partial charge on any atom is 0.306 e. The minimum atomic E-state index is -1.62. The fourth-order valence-corrected chi connectivity index (χ4v) is 8.58. The molecule has 2 fully saturated rings. The van der Waals surface area contributed by atoms with Crippen molar-refractivity contribution in [3.8, 4) is 81.0 Å². The van der Waals surface area contributed by atoms with Gasteiger partial charge in [0.2, 0.25) is 11.6 Å². The fraction of sp³-hybridized carbons (Fsp3) is 0.358. The smallest absolute Gasteiger partial charge is 0.306 e. The number of carboxylic acids is 2. The first kappa shape index (κ1) is 53.7. The second kappa shape index (κ2) is 23.9. The van der Waals surface area contributed by atoms with Crippen molar-refractivity contribution in [3.63, 3.8) is 0 Å². The SMILES string of the molecule is C#Cc1cc(-c2nc(-c3ccc(OC(C)C)c(Cl)c3)no2)ccc1N[C@H]1CC[C@@H](C(=O)O)C1.CC(C)Oc1ccc(-c2noc(-c3ccc(F)c(C#C[Si](C)(C)C)c3)n2)cc1Cl.N[C@H]1CC[C@@H](C(=O)O)C1. The van der Waals surface area contributed by atoms with Crippen LogP contribution in [-0.4, -0.2) is 74.8 Å². The van der Waals surface area contributed by atoms with Crippen LogP contribution in [0.3, 0.4) is 0 Å². The number of nitrogens with zero attached hydrogens (tertiary/aromatic N) is 4. The number of hydrogen-bond donors (Lipinski definition) is 4. The molecule has 4 aromatic carbocycles. The molecule has 8 rings (SSSR count). The zero-order valence-electron chi connectivity index (χ0n) is 40.6. The van der Waals surface area contributed by atoms with Gasteiger partial charge in [-0.1, -0.05) is 65.0 Å². The van der Waals surface area contributed by atoms with Gasteiger partial charge in [0.1, 0.15) is 25.4 Å². The van der Waals surface area contributed by atoms with Crippen LogP contribution in [-0.2, 0) is 9.59 Å². The molecule has 0 radical (unpaired) electrons. The Bertz CT molecular complexity index is 2950. The summed E-state index contributed by atoms with van der Waals surface area (Å²) in [6.45, 7) is 14.0. The second-order valence-electron chi connectivity index (χ2n) is 18.9. The molecule has 6 aromatic rings. The highest BCUT2D eigenvalue weighted by Crippen LogP contribution is 2.35. The van der Waals surface area contributed by atoms with Crippen molar-refractivity contribution in [2.45, 2.75) is 110 Å². The molecule has 0 unspecified atom stereocenters. The molecule has 2 aliphatic carbocycles. The Kier molecular flexibility index (Phi) is 18.1. The van der Waals surface area contributed by atoms with Crippen molar-refractivity contribution in [2.75, 3.05) is 5.32 Å². The summed E-state index contributed by atoms with van der Waals surface area (Å²) in [4.78, 5) is 30.4. The number of ether oxygens (including phenoxy) is 2. The lowest BCUT2D eigenvalue weighted by Gasteiger charge is -2.16. The van der Waals surface area contributed by atoms with Gasteiger partial charge in [-0.2, -0.15) is 9.97 Å². The Labute approximate surface area is 423 Å². The molecule has 2 aliphatic rings. The molecule has 372 valence electrons. The van der Waals surface area contributed by atoms with Crippen molar-refractivity contribution in [1.82, 2.24) is 20.3 Å². The number of halogens is 3. The van der Waals surface area contributed by atoms with E-state index in [1.54, 1.807) is 42.5 Å². The van der Waals surface area contributed by atoms with Gasteiger partial charge in [-0.3, -0.25) is 9.59 Å². The summed E-state index contributed by atoms with van der Waals surface area (Å²) in [6, 6.07) is 21.0. The molecule has 4 atom stereocenters. The van der Waals surface area contributed by atoms with Gasteiger partial charge in [0.05, 0.1) is 45.3 Å². The number of terminal acetylenes is 1. The number of anilines is 1. The molecule has 18 heteroatoms. The third kappa shape index (κ3) is 15.2. The highest BCUT2D eigenvalue weighted by atomic mass is 35.5. The third-order valence-electron chi connectivity index (χ3n) is 11.1. The lowest BCUT2D eigenvalue weighted by Crippen LogP contribution is -2.18. The first-order valence-electron chi connectivity index (χ1n) is 23.2. The normalized spacial score (nSPS) is 17.2. The Morgan fingerprint density at radius 3 is 1.68 bits per heavy atom. The van der Waals surface area contributed by atoms with Crippen molar-refractivity contribution in [1.29, 1.82) is 0 Å². The Hall–Kier alpha value is -6.69. The average molecular weight is 1020 g/mol. The van der Waals surface area contributed by atoms with Gasteiger partial charge in [-0.15, -0.1) is 12.0 Å². The van der Waals surface area contributed by atoms with Crippen molar-refractivity contribution < 1.29 is 42.7 Å². The minimum absolute atomic E-state index is 0.0141. The topological polar surface area (TPSA) is 209 Å². The van der Waals surface area contributed by atoms with Crippen LogP contribution in [0.4, 0.5) is 10.1 Å². The van der Waals surface area contributed by atoms with E-state index in [1.807, 2.05) is 52.0 Å². The van der Waals surface area contributed by atoms with Crippen LogP contribution in [0.1, 0.15) is 77.3 Å². The predicted molar refractivity (Wildman–Crippen MR) is 275 cm³/mol. The van der Waals surface area contributed by atoms with E-state index >= 15 is 0 Å². The molecule has 0 saturated heterocycles. The number of hydrogen-bond acceptors (Lipinski definition) is 12. The van der Waals surface area contributed by atoms with Crippen molar-refractivity contribution in [2.24, 2.45) is 17.6 Å². The molecule has 14 nitrogen and oxygen atoms in total. The number of carbonyl (C=O) groups is 2. The van der Waals surface area contributed by atoms with Crippen LogP contribution >= 0.6 is 23.2 Å². The first-order chi connectivity index (χ1) is 33.7. The number of nitrogens with two attached hydrogens (primary N) is 1. The lowest BCUT2D eigenvalue weighted by molar-refractivity contribution is -0.142. The van der Waals surface area contributed by atoms with Crippen molar-refractivity contribution in [3.05, 3.63) is 99.8 Å². The summed E-state index contributed by atoms with van der Waals surface area (Å²) < 4.78 is 36.3. The van der Waals surface area contributed by atoms with Crippen LogP contribution in [0.2, 0.25) is 29.7 Å². The van der Waals surface area contributed by atoms with Crippen LogP contribution in [0.15, 0.2) is 81.8 Å². The van der Waals surface area contributed by atoms with Crippen LogP contribution in [0.25, 0.3) is 45.7 Å². The summed E-state index contributed by atoms with van der Waals surface area (Å²) in [5, 5.41) is 30.1. The molecule has 0 bridgehead atoms. The average Bonchev–Trinajstić information content (AvgIpc) is 4.16. The quantitative estimate of drug-likeness (QED) is 0.0664. The van der Waals surface area contributed by atoms with Crippen molar-refractivity contribution >= 4 is 48.9 Å². The predicted octanol–water partition coefficient (Wildman–Crippen LogP) is 11.9. The third-order valence-corrected chi connectivity index (χ3v) is 12.6. The summed E-state index contributed by atoms with van der Waals surface area (Å²) in [6.07, 6.45) is 10.1. The largest absolute Gasteiger partial charge is 0.489 e. The highest BCUT2D eigenvalue weighted by molar-refractivity contribution is 6.83. The van der Waals surface area contributed by atoms with Gasteiger partial charge < -0.3 is 39.8 Å². The molecule has 71 heavy (non-hydrogen) atoms. The van der Waals surface area contributed by atoms with E-state index in [2.05, 4.69) is 62.6 Å².